The van der Waals surface area contributed by atoms with Crippen LogP contribution in [0.4, 0.5) is 5.69 Å². The lowest BCUT2D eigenvalue weighted by Gasteiger charge is -2.41. The number of ether oxygens (including phenoxy) is 2. The summed E-state index contributed by atoms with van der Waals surface area (Å²) in [6.07, 6.45) is 5.63. The molecule has 2 aliphatic heterocycles. The van der Waals surface area contributed by atoms with Crippen molar-refractivity contribution >= 4 is 42.3 Å². The van der Waals surface area contributed by atoms with E-state index in [0.717, 1.165) is 36.2 Å². The summed E-state index contributed by atoms with van der Waals surface area (Å²) in [5.74, 6) is 0.469. The van der Waals surface area contributed by atoms with Crippen molar-refractivity contribution in [3.63, 3.8) is 0 Å². The predicted molar refractivity (Wildman–Crippen MR) is 173 cm³/mol. The van der Waals surface area contributed by atoms with Gasteiger partial charge in [0.1, 0.15) is 11.4 Å². The first-order chi connectivity index (χ1) is 20.5. The molecule has 0 bridgehead atoms. The Hall–Kier alpha value is -3.15. The van der Waals surface area contributed by atoms with E-state index in [9.17, 15) is 14.7 Å². The molecular weight excluding hydrogens is 605 g/mol. The van der Waals surface area contributed by atoms with Gasteiger partial charge in [-0.25, -0.2) is 4.98 Å². The Bertz CT molecular complexity index is 1420. The van der Waals surface area contributed by atoms with Crippen LogP contribution in [0.2, 0.25) is 0 Å². The van der Waals surface area contributed by atoms with Crippen LogP contribution in [0, 0.1) is 0 Å². The summed E-state index contributed by atoms with van der Waals surface area (Å²) in [6, 6.07) is 17.0. The van der Waals surface area contributed by atoms with Crippen LogP contribution >= 0.6 is 24.8 Å². The predicted octanol–water partition coefficient (Wildman–Crippen LogP) is 4.12. The normalized spacial score (nSPS) is 23.2. The van der Waals surface area contributed by atoms with Gasteiger partial charge in [0.15, 0.2) is 12.3 Å². The summed E-state index contributed by atoms with van der Waals surface area (Å²) in [5.41, 5.74) is 1.70. The Labute approximate surface area is 270 Å². The maximum atomic E-state index is 14.3. The van der Waals surface area contributed by atoms with Crippen LogP contribution in [-0.4, -0.2) is 89.5 Å². The van der Waals surface area contributed by atoms with Crippen LogP contribution in [0.3, 0.4) is 0 Å². The molecule has 6 rings (SSSR count). The van der Waals surface area contributed by atoms with Crippen LogP contribution in [0.5, 0.6) is 5.75 Å². The molecule has 1 saturated carbocycles. The molecule has 1 aromatic heterocycles. The molecule has 3 atom stereocenters. The number of anilines is 1. The highest BCUT2D eigenvalue weighted by molar-refractivity contribution is 5.99. The molecule has 238 valence electrons. The van der Waals surface area contributed by atoms with Gasteiger partial charge in [0.2, 0.25) is 0 Å². The fourth-order valence-electron chi connectivity index (χ4n) is 6.76. The molecule has 0 spiro atoms. The molecule has 3 aromatic rings. The highest BCUT2D eigenvalue weighted by atomic mass is 35.5. The summed E-state index contributed by atoms with van der Waals surface area (Å²) in [4.78, 5) is 35.5. The number of carbonyl (C=O) groups excluding carboxylic acids is 2. The molecule has 2 amide bonds. The van der Waals surface area contributed by atoms with Gasteiger partial charge in [-0.15, -0.1) is 24.8 Å². The first-order valence-electron chi connectivity index (χ1n) is 14.9. The van der Waals surface area contributed by atoms with Crippen molar-refractivity contribution in [1.82, 2.24) is 19.8 Å². The highest BCUT2D eigenvalue weighted by Crippen LogP contribution is 2.41. The number of carbonyl (C=O) groups is 2. The number of piperazine rings is 1. The van der Waals surface area contributed by atoms with Crippen molar-refractivity contribution in [3.05, 3.63) is 66.6 Å². The lowest BCUT2D eigenvalue weighted by Crippen LogP contribution is -2.55. The molecule has 12 heteroatoms. The number of hydrogen-bond donors (Lipinski definition) is 2. The van der Waals surface area contributed by atoms with Gasteiger partial charge in [0.05, 0.1) is 30.4 Å². The fourth-order valence-corrected chi connectivity index (χ4v) is 6.76. The second-order valence-corrected chi connectivity index (χ2v) is 11.5. The van der Waals surface area contributed by atoms with E-state index in [1.165, 1.54) is 0 Å². The van der Waals surface area contributed by atoms with Crippen LogP contribution in [0.25, 0.3) is 11.3 Å². The van der Waals surface area contributed by atoms with Gasteiger partial charge < -0.3 is 34.3 Å². The third-order valence-electron chi connectivity index (χ3n) is 8.84. The number of aromatic nitrogens is 2. The van der Waals surface area contributed by atoms with Crippen LogP contribution in [0.1, 0.15) is 48.6 Å². The average Bonchev–Trinajstić information content (AvgIpc) is 3.46. The van der Waals surface area contributed by atoms with E-state index in [1.54, 1.807) is 18.3 Å². The molecule has 0 radical (unpaired) electrons. The highest BCUT2D eigenvalue weighted by Gasteiger charge is 2.42. The van der Waals surface area contributed by atoms with Crippen molar-refractivity contribution in [2.45, 2.75) is 49.8 Å². The van der Waals surface area contributed by atoms with E-state index in [0.29, 0.717) is 50.5 Å². The van der Waals surface area contributed by atoms with Crippen LogP contribution in [0.15, 0.2) is 60.9 Å². The van der Waals surface area contributed by atoms with E-state index in [1.807, 2.05) is 64.1 Å². The lowest BCUT2D eigenvalue weighted by atomic mass is 9.80. The van der Waals surface area contributed by atoms with E-state index >= 15 is 0 Å². The number of benzene rings is 2. The molecule has 0 unspecified atom stereocenters. The molecule has 10 nitrogen and oxygen atoms in total. The maximum Gasteiger partial charge on any atom is 0.275 e. The molecule has 2 fully saturated rings. The second kappa shape index (κ2) is 14.8. The van der Waals surface area contributed by atoms with Gasteiger partial charge in [-0.3, -0.25) is 9.59 Å². The molecular formula is C32H41Cl2N5O5. The minimum atomic E-state index is -1.05. The number of halogens is 2. The monoisotopic (exact) mass is 645 g/mol. The van der Waals surface area contributed by atoms with Crippen molar-refractivity contribution in [2.24, 2.45) is 0 Å². The third-order valence-corrected chi connectivity index (χ3v) is 8.84. The first-order valence-corrected chi connectivity index (χ1v) is 14.9. The van der Waals surface area contributed by atoms with Gasteiger partial charge in [-0.1, -0.05) is 55.3 Å². The largest absolute Gasteiger partial charge is 0.482 e. The quantitative estimate of drug-likeness (QED) is 0.379. The molecule has 2 aromatic carbocycles. The number of imidazole rings is 1. The van der Waals surface area contributed by atoms with Crippen molar-refractivity contribution in [1.29, 1.82) is 0 Å². The Morgan fingerprint density at radius 1 is 1.14 bits per heavy atom. The zero-order valence-electron chi connectivity index (χ0n) is 24.9. The van der Waals surface area contributed by atoms with Crippen molar-refractivity contribution in [2.75, 3.05) is 51.4 Å². The van der Waals surface area contributed by atoms with Gasteiger partial charge in [0.25, 0.3) is 11.8 Å². The lowest BCUT2D eigenvalue weighted by molar-refractivity contribution is -0.121. The van der Waals surface area contributed by atoms with Crippen molar-refractivity contribution in [3.8, 4) is 17.0 Å². The topological polar surface area (TPSA) is 109 Å². The van der Waals surface area contributed by atoms with Gasteiger partial charge in [-0.2, -0.15) is 0 Å². The fraction of sp³-hybridized carbons (Fsp3) is 0.469. The Morgan fingerprint density at radius 3 is 2.70 bits per heavy atom. The minimum absolute atomic E-state index is 0. The molecule has 1 aliphatic carbocycles. The summed E-state index contributed by atoms with van der Waals surface area (Å²) in [7, 11) is 1.61. The number of rotatable bonds is 8. The molecule has 1 saturated heterocycles. The van der Waals surface area contributed by atoms with Crippen molar-refractivity contribution < 1.29 is 24.2 Å². The average molecular weight is 647 g/mol. The molecule has 2 N–H and O–H groups in total. The van der Waals surface area contributed by atoms with Crippen LogP contribution < -0.4 is 15.0 Å². The number of amides is 2. The Kier molecular flexibility index (Phi) is 11.3. The second-order valence-electron chi connectivity index (χ2n) is 11.5. The molecule has 3 aliphatic rings. The SMILES string of the molecule is COC[C@]1(O)CCCC[C@H]1n1cnc(C(=O)N2CCNC[C@H]2CCN2C(=O)COc3ccccc32)c1-c1ccccc1.Cl.Cl. The van der Waals surface area contributed by atoms with Gasteiger partial charge in [-0.05, 0) is 31.4 Å². The van der Waals surface area contributed by atoms with E-state index in [-0.39, 0.29) is 61.9 Å². The van der Waals surface area contributed by atoms with Crippen LogP contribution in [-0.2, 0) is 9.53 Å². The number of aliphatic hydroxyl groups is 1. The van der Waals surface area contributed by atoms with Gasteiger partial charge >= 0.3 is 0 Å². The number of para-hydroxylation sites is 2. The first kappa shape index (κ1) is 33.7. The minimum Gasteiger partial charge on any atom is -0.482 e. The number of fused-ring (bicyclic) bond motifs is 1. The summed E-state index contributed by atoms with van der Waals surface area (Å²) >= 11 is 0. The Morgan fingerprint density at radius 2 is 1.91 bits per heavy atom. The zero-order valence-corrected chi connectivity index (χ0v) is 26.5. The standard InChI is InChI=1S/C32H39N5O5.2ClH/c1-41-21-32(40)15-8-7-13-27(32)37-22-34-29(30(37)23-9-3-2-4-10-23)31(39)35-18-16-33-19-24(35)14-17-36-25-11-5-6-12-26(25)42-20-28(36)38;;/h2-6,9-12,22,24,27,33,40H,7-8,13-21H2,1H3;2*1H/t24-,27-,32-;;/m1../s1. The Balaban J connectivity index is 0.00000221. The summed E-state index contributed by atoms with van der Waals surface area (Å²) in [6.45, 7) is 2.55. The van der Waals surface area contributed by atoms with E-state index < -0.39 is 5.60 Å². The molecule has 44 heavy (non-hydrogen) atoms. The summed E-state index contributed by atoms with van der Waals surface area (Å²) in [5, 5.41) is 15.1. The number of nitrogens with zero attached hydrogens (tertiary/aromatic N) is 4. The van der Waals surface area contributed by atoms with E-state index in [4.69, 9.17) is 14.5 Å². The van der Waals surface area contributed by atoms with E-state index in [2.05, 4.69) is 5.32 Å². The zero-order chi connectivity index (χ0) is 29.1. The number of hydrogen-bond acceptors (Lipinski definition) is 7. The molecule has 3 heterocycles. The third kappa shape index (κ3) is 6.60. The number of nitrogens with one attached hydrogen (secondary N) is 1. The van der Waals surface area contributed by atoms with Gasteiger partial charge in [0, 0.05) is 44.9 Å². The summed E-state index contributed by atoms with van der Waals surface area (Å²) < 4.78 is 13.1. The maximum absolute atomic E-state index is 14.3. The number of methoxy groups -OCH3 is 1. The smallest absolute Gasteiger partial charge is 0.275 e.